The molecule has 0 aromatic heterocycles. The van der Waals surface area contributed by atoms with Crippen LogP contribution < -0.4 is 5.32 Å². The molecule has 1 aromatic rings. The van der Waals surface area contributed by atoms with E-state index < -0.39 is 10.0 Å². The summed E-state index contributed by atoms with van der Waals surface area (Å²) in [4.78, 5) is 12.3. The van der Waals surface area contributed by atoms with Gasteiger partial charge < -0.3 is 10.1 Å². The number of hydrogen-bond acceptors (Lipinski definition) is 4. The van der Waals surface area contributed by atoms with Gasteiger partial charge in [0.05, 0.1) is 12.4 Å². The van der Waals surface area contributed by atoms with Crippen LogP contribution in [0.2, 0.25) is 5.02 Å². The predicted octanol–water partition coefficient (Wildman–Crippen LogP) is 1.69. The molecule has 1 aliphatic rings. The van der Waals surface area contributed by atoms with Crippen molar-refractivity contribution in [3.05, 3.63) is 34.9 Å². The number of carbonyl (C=O) groups excluding carboxylic acids is 1. The van der Waals surface area contributed by atoms with Gasteiger partial charge in [0.2, 0.25) is 15.9 Å². The van der Waals surface area contributed by atoms with E-state index >= 15 is 0 Å². The molecule has 6 nitrogen and oxygen atoms in total. The molecule has 0 spiro atoms. The minimum absolute atomic E-state index is 0.00269. The van der Waals surface area contributed by atoms with Crippen molar-refractivity contribution in [3.63, 3.8) is 0 Å². The quantitative estimate of drug-likeness (QED) is 0.735. The number of hydrogen-bond donors (Lipinski definition) is 1. The maximum atomic E-state index is 12.3. The second-order valence-corrected chi connectivity index (χ2v) is 8.67. The third-order valence-electron chi connectivity index (χ3n) is 4.39. The van der Waals surface area contributed by atoms with E-state index in [2.05, 4.69) is 5.32 Å². The highest BCUT2D eigenvalue weighted by atomic mass is 35.5. The van der Waals surface area contributed by atoms with Crippen LogP contribution in [0.3, 0.4) is 0 Å². The summed E-state index contributed by atoms with van der Waals surface area (Å²) in [5.74, 6) is -0.136. The van der Waals surface area contributed by atoms with Crippen molar-refractivity contribution in [3.8, 4) is 0 Å². The molecule has 0 atom stereocenters. The van der Waals surface area contributed by atoms with Crippen molar-refractivity contribution in [2.45, 2.75) is 19.3 Å². The van der Waals surface area contributed by atoms with E-state index in [0.717, 1.165) is 12.0 Å². The van der Waals surface area contributed by atoms with Crippen LogP contribution >= 0.6 is 11.6 Å². The number of amides is 1. The smallest absolute Gasteiger partial charge is 0.223 e. The first kappa shape index (κ1) is 20.2. The monoisotopic (exact) mass is 388 g/mol. The first-order valence-electron chi connectivity index (χ1n) is 8.41. The normalized spacial score (nSPS) is 16.7. The lowest BCUT2D eigenvalue weighted by Crippen LogP contribution is -2.44. The van der Waals surface area contributed by atoms with E-state index in [0.29, 0.717) is 37.5 Å². The van der Waals surface area contributed by atoms with Gasteiger partial charge >= 0.3 is 0 Å². The average Bonchev–Trinajstić information content (AvgIpc) is 2.62. The zero-order valence-electron chi connectivity index (χ0n) is 14.4. The molecule has 1 aliphatic heterocycles. The maximum absolute atomic E-state index is 12.3. The largest absolute Gasteiger partial charge is 0.384 e. The Kier molecular flexibility index (Phi) is 7.68. The molecule has 0 aliphatic carbocycles. The van der Waals surface area contributed by atoms with Gasteiger partial charge in [0.25, 0.3) is 0 Å². The Hall–Kier alpha value is -1.15. The third kappa shape index (κ3) is 6.26. The number of halogens is 1. The number of carbonyl (C=O) groups is 1. The summed E-state index contributed by atoms with van der Waals surface area (Å²) in [6, 6.07) is 7.55. The van der Waals surface area contributed by atoms with Crippen molar-refractivity contribution in [2.24, 2.45) is 5.92 Å². The molecule has 0 unspecified atom stereocenters. The van der Waals surface area contributed by atoms with Gasteiger partial charge in [0, 0.05) is 37.7 Å². The van der Waals surface area contributed by atoms with E-state index in [1.165, 1.54) is 11.4 Å². The minimum atomic E-state index is -3.29. The van der Waals surface area contributed by atoms with Crippen molar-refractivity contribution in [1.29, 1.82) is 0 Å². The standard InChI is InChI=1S/C17H25ClN2O4S/c1-24-12-13-25(22,23)20-10-7-15(8-11-20)17(21)19-9-6-14-2-4-16(18)5-3-14/h2-5,15H,6-13H2,1H3,(H,19,21). The molecule has 1 fully saturated rings. The van der Waals surface area contributed by atoms with Crippen LogP contribution in [0.25, 0.3) is 0 Å². The predicted molar refractivity (Wildman–Crippen MR) is 98.1 cm³/mol. The second-order valence-electron chi connectivity index (χ2n) is 6.15. The van der Waals surface area contributed by atoms with Gasteiger partial charge in [-0.15, -0.1) is 0 Å². The molecule has 1 heterocycles. The molecule has 140 valence electrons. The summed E-state index contributed by atoms with van der Waals surface area (Å²) >= 11 is 5.85. The topological polar surface area (TPSA) is 75.7 Å². The molecule has 1 saturated heterocycles. The Bertz CT molecular complexity index is 656. The number of methoxy groups -OCH3 is 1. The molecule has 0 radical (unpaired) electrons. The van der Waals surface area contributed by atoms with Crippen LogP contribution in [0.15, 0.2) is 24.3 Å². The van der Waals surface area contributed by atoms with Gasteiger partial charge in [-0.2, -0.15) is 0 Å². The Labute approximate surface area is 154 Å². The van der Waals surface area contributed by atoms with Crippen molar-refractivity contribution in [2.75, 3.05) is 39.1 Å². The summed E-state index contributed by atoms with van der Waals surface area (Å²) in [6.07, 6.45) is 1.85. The molecule has 0 saturated carbocycles. The van der Waals surface area contributed by atoms with Gasteiger partial charge in [-0.1, -0.05) is 23.7 Å². The lowest BCUT2D eigenvalue weighted by molar-refractivity contribution is -0.126. The molecule has 2 rings (SSSR count). The summed E-state index contributed by atoms with van der Waals surface area (Å²) in [5.41, 5.74) is 1.11. The van der Waals surface area contributed by atoms with Gasteiger partial charge in [-0.25, -0.2) is 12.7 Å². The lowest BCUT2D eigenvalue weighted by Gasteiger charge is -2.30. The fraction of sp³-hybridized carbons (Fsp3) is 0.588. The Morgan fingerprint density at radius 1 is 1.28 bits per heavy atom. The molecular weight excluding hydrogens is 364 g/mol. The lowest BCUT2D eigenvalue weighted by atomic mass is 9.97. The average molecular weight is 389 g/mol. The van der Waals surface area contributed by atoms with Gasteiger partial charge in [-0.3, -0.25) is 4.79 Å². The van der Waals surface area contributed by atoms with Gasteiger partial charge in [0.1, 0.15) is 0 Å². The van der Waals surface area contributed by atoms with Crippen LogP contribution in [0.1, 0.15) is 18.4 Å². The molecule has 1 amide bonds. The number of benzene rings is 1. The molecule has 8 heteroatoms. The van der Waals surface area contributed by atoms with Crippen LogP contribution in [0, 0.1) is 5.92 Å². The highest BCUT2D eigenvalue weighted by Gasteiger charge is 2.30. The first-order chi connectivity index (χ1) is 11.9. The molecule has 1 N–H and O–H groups in total. The van der Waals surface area contributed by atoms with Gasteiger partial charge in [0.15, 0.2) is 0 Å². The van der Waals surface area contributed by atoms with Gasteiger partial charge in [-0.05, 0) is 37.0 Å². The van der Waals surface area contributed by atoms with Crippen LogP contribution in [-0.4, -0.2) is 57.7 Å². The second kappa shape index (κ2) is 9.52. The molecule has 0 bridgehead atoms. The van der Waals surface area contributed by atoms with Crippen molar-refractivity contribution < 1.29 is 17.9 Å². The van der Waals surface area contributed by atoms with E-state index in [9.17, 15) is 13.2 Å². The van der Waals surface area contributed by atoms with Crippen LogP contribution in [-0.2, 0) is 26.0 Å². The summed E-state index contributed by atoms with van der Waals surface area (Å²) < 4.78 is 30.5. The highest BCUT2D eigenvalue weighted by molar-refractivity contribution is 7.89. The molecule has 25 heavy (non-hydrogen) atoms. The van der Waals surface area contributed by atoms with Crippen molar-refractivity contribution in [1.82, 2.24) is 9.62 Å². The van der Waals surface area contributed by atoms with Crippen LogP contribution in [0.4, 0.5) is 0 Å². The number of sulfonamides is 1. The fourth-order valence-electron chi connectivity index (χ4n) is 2.84. The number of piperidine rings is 1. The minimum Gasteiger partial charge on any atom is -0.384 e. The Morgan fingerprint density at radius 2 is 1.92 bits per heavy atom. The Morgan fingerprint density at radius 3 is 2.52 bits per heavy atom. The Balaban J connectivity index is 1.72. The zero-order valence-corrected chi connectivity index (χ0v) is 16.0. The fourth-order valence-corrected chi connectivity index (χ4v) is 4.37. The molecular formula is C17H25ClN2O4S. The zero-order chi connectivity index (χ0) is 18.3. The summed E-state index contributed by atoms with van der Waals surface area (Å²) in [6.45, 7) is 1.53. The maximum Gasteiger partial charge on any atom is 0.223 e. The number of nitrogens with one attached hydrogen (secondary N) is 1. The third-order valence-corrected chi connectivity index (χ3v) is 6.48. The van der Waals surface area contributed by atoms with Crippen LogP contribution in [0.5, 0.6) is 0 Å². The number of rotatable bonds is 8. The van der Waals surface area contributed by atoms with E-state index in [4.69, 9.17) is 16.3 Å². The summed E-state index contributed by atoms with van der Waals surface area (Å²) in [7, 11) is -1.80. The van der Waals surface area contributed by atoms with E-state index in [-0.39, 0.29) is 24.2 Å². The van der Waals surface area contributed by atoms with E-state index in [1.54, 1.807) is 0 Å². The number of nitrogens with zero attached hydrogens (tertiary/aromatic N) is 1. The highest BCUT2D eigenvalue weighted by Crippen LogP contribution is 2.20. The van der Waals surface area contributed by atoms with E-state index in [1.807, 2.05) is 24.3 Å². The molecule has 1 aromatic carbocycles. The summed E-state index contributed by atoms with van der Waals surface area (Å²) in [5, 5.41) is 3.64. The van der Waals surface area contributed by atoms with Crippen molar-refractivity contribution >= 4 is 27.5 Å². The first-order valence-corrected chi connectivity index (χ1v) is 10.4. The number of ether oxygens (including phenoxy) is 1. The SMILES string of the molecule is COCCS(=O)(=O)N1CCC(C(=O)NCCc2ccc(Cl)cc2)CC1.